The number of amides is 1. The zero-order chi connectivity index (χ0) is 26.5. The van der Waals surface area contributed by atoms with Crippen LogP contribution in [0.25, 0.3) is 0 Å². The molecule has 0 aliphatic heterocycles. The van der Waals surface area contributed by atoms with Gasteiger partial charge in [0.15, 0.2) is 15.7 Å². The molecular formula is C24H29ClN6O4S. The molecule has 1 aromatic heterocycles. The summed E-state index contributed by atoms with van der Waals surface area (Å²) in [6.45, 7) is 3.49. The third-order valence-corrected chi connectivity index (χ3v) is 7.49. The number of likely N-dealkylation sites (N-methyl/N-ethyl adjacent to an activating group) is 1. The third kappa shape index (κ3) is 6.62. The van der Waals surface area contributed by atoms with Crippen LogP contribution >= 0.6 is 11.6 Å². The number of aromatic nitrogens is 2. The number of methoxy groups -OCH3 is 1. The van der Waals surface area contributed by atoms with E-state index in [1.54, 1.807) is 55.1 Å². The number of hydrogen-bond acceptors (Lipinski definition) is 9. The van der Waals surface area contributed by atoms with Crippen LogP contribution in [-0.2, 0) is 14.6 Å². The molecule has 0 aliphatic carbocycles. The van der Waals surface area contributed by atoms with Crippen LogP contribution in [0, 0.1) is 0 Å². The Bertz CT molecular complexity index is 1350. The first-order valence-electron chi connectivity index (χ1n) is 11.0. The van der Waals surface area contributed by atoms with Gasteiger partial charge in [-0.3, -0.25) is 4.79 Å². The van der Waals surface area contributed by atoms with Crippen molar-refractivity contribution in [2.75, 3.05) is 43.7 Å². The maximum Gasteiger partial charge on any atom is 0.238 e. The van der Waals surface area contributed by atoms with Crippen LogP contribution in [0.15, 0.2) is 53.6 Å². The van der Waals surface area contributed by atoms with E-state index in [1.165, 1.54) is 19.4 Å². The van der Waals surface area contributed by atoms with E-state index < -0.39 is 15.1 Å². The Kier molecular flexibility index (Phi) is 8.72. The lowest BCUT2D eigenvalue weighted by Crippen LogP contribution is -2.27. The van der Waals surface area contributed by atoms with Crippen molar-refractivity contribution in [3.05, 3.63) is 53.7 Å². The number of benzene rings is 2. The van der Waals surface area contributed by atoms with Crippen molar-refractivity contribution in [3.8, 4) is 5.75 Å². The van der Waals surface area contributed by atoms with Gasteiger partial charge in [0.05, 0.1) is 41.4 Å². The van der Waals surface area contributed by atoms with Gasteiger partial charge in [0, 0.05) is 11.8 Å². The van der Waals surface area contributed by atoms with E-state index in [2.05, 4.69) is 25.9 Å². The molecule has 0 fully saturated rings. The summed E-state index contributed by atoms with van der Waals surface area (Å²) < 4.78 is 31.0. The van der Waals surface area contributed by atoms with E-state index in [1.807, 2.05) is 14.1 Å². The summed E-state index contributed by atoms with van der Waals surface area (Å²) in [5.74, 6) is 0.735. The largest absolute Gasteiger partial charge is 0.494 e. The van der Waals surface area contributed by atoms with E-state index in [-0.39, 0.29) is 34.1 Å². The Hall–Kier alpha value is -3.41. The Balaban J connectivity index is 1.86. The van der Waals surface area contributed by atoms with Crippen LogP contribution in [0.2, 0.25) is 5.02 Å². The van der Waals surface area contributed by atoms with Crippen molar-refractivity contribution in [2.24, 2.45) is 0 Å². The van der Waals surface area contributed by atoms with E-state index in [9.17, 15) is 13.2 Å². The van der Waals surface area contributed by atoms with Crippen molar-refractivity contribution in [1.82, 2.24) is 14.9 Å². The molecule has 3 N–H and O–H groups in total. The fourth-order valence-electron chi connectivity index (χ4n) is 3.19. The van der Waals surface area contributed by atoms with Gasteiger partial charge in [-0.25, -0.2) is 13.4 Å². The minimum absolute atomic E-state index is 0.151. The number of nitrogens with zero attached hydrogens (tertiary/aromatic N) is 3. The highest BCUT2D eigenvalue weighted by molar-refractivity contribution is 7.92. The molecule has 1 amide bonds. The lowest BCUT2D eigenvalue weighted by Gasteiger charge is -2.16. The van der Waals surface area contributed by atoms with Crippen LogP contribution < -0.4 is 20.7 Å². The second-order valence-corrected chi connectivity index (χ2v) is 11.3. The SMILES string of the molecule is COc1cc(NC(=O)CN(C)C)ccc1Nc1ncc(Cl)c(Nc2ccccc2S(=O)(=O)C(C)C)n1. The van der Waals surface area contributed by atoms with Crippen LogP contribution in [0.3, 0.4) is 0 Å². The molecule has 0 unspecified atom stereocenters. The Labute approximate surface area is 216 Å². The third-order valence-electron chi connectivity index (χ3n) is 5.00. The smallest absolute Gasteiger partial charge is 0.238 e. The monoisotopic (exact) mass is 532 g/mol. The predicted molar refractivity (Wildman–Crippen MR) is 143 cm³/mol. The fourth-order valence-corrected chi connectivity index (χ4v) is 4.53. The predicted octanol–water partition coefficient (Wildman–Crippen LogP) is 4.31. The highest BCUT2D eigenvalue weighted by Gasteiger charge is 2.23. The van der Waals surface area contributed by atoms with E-state index in [0.717, 1.165) is 0 Å². The summed E-state index contributed by atoms with van der Waals surface area (Å²) in [5.41, 5.74) is 1.49. The number of ether oxygens (including phenoxy) is 1. The van der Waals surface area contributed by atoms with Crippen LogP contribution in [0.1, 0.15) is 13.8 Å². The van der Waals surface area contributed by atoms with Gasteiger partial charge in [-0.2, -0.15) is 4.98 Å². The van der Waals surface area contributed by atoms with Gasteiger partial charge in [0.2, 0.25) is 11.9 Å². The Morgan fingerprint density at radius 3 is 2.50 bits per heavy atom. The number of halogens is 1. The highest BCUT2D eigenvalue weighted by atomic mass is 35.5. The van der Waals surface area contributed by atoms with Gasteiger partial charge in [-0.1, -0.05) is 23.7 Å². The summed E-state index contributed by atoms with van der Waals surface area (Å²) in [6, 6.07) is 11.7. The first-order chi connectivity index (χ1) is 17.0. The molecule has 0 atom stereocenters. The maximum atomic E-state index is 12.8. The first-order valence-corrected chi connectivity index (χ1v) is 13.0. The minimum Gasteiger partial charge on any atom is -0.494 e. The minimum atomic E-state index is -3.54. The molecule has 2 aromatic carbocycles. The molecule has 0 radical (unpaired) electrons. The maximum absolute atomic E-state index is 12.8. The number of hydrogen-bond donors (Lipinski definition) is 3. The number of nitrogens with one attached hydrogen (secondary N) is 3. The molecule has 0 spiro atoms. The molecule has 36 heavy (non-hydrogen) atoms. The lowest BCUT2D eigenvalue weighted by molar-refractivity contribution is -0.116. The van der Waals surface area contributed by atoms with Gasteiger partial charge >= 0.3 is 0 Å². The summed E-state index contributed by atoms with van der Waals surface area (Å²) in [6.07, 6.45) is 1.40. The Morgan fingerprint density at radius 1 is 1.11 bits per heavy atom. The van der Waals surface area contributed by atoms with Gasteiger partial charge in [-0.05, 0) is 52.2 Å². The summed E-state index contributed by atoms with van der Waals surface area (Å²) in [7, 11) is 1.59. The van der Waals surface area contributed by atoms with Crippen LogP contribution in [0.5, 0.6) is 5.75 Å². The molecule has 0 saturated heterocycles. The van der Waals surface area contributed by atoms with Gasteiger partial charge in [0.1, 0.15) is 10.8 Å². The van der Waals surface area contributed by atoms with Crippen molar-refractivity contribution in [2.45, 2.75) is 24.0 Å². The normalized spacial score (nSPS) is 11.4. The van der Waals surface area contributed by atoms with E-state index >= 15 is 0 Å². The molecule has 0 bridgehead atoms. The van der Waals surface area contributed by atoms with Crippen molar-refractivity contribution < 1.29 is 17.9 Å². The number of carbonyl (C=O) groups is 1. The van der Waals surface area contributed by atoms with Gasteiger partial charge in [0.25, 0.3) is 0 Å². The van der Waals surface area contributed by atoms with E-state index in [4.69, 9.17) is 16.3 Å². The molecule has 10 nitrogen and oxygen atoms in total. The fraction of sp³-hybridized carbons (Fsp3) is 0.292. The van der Waals surface area contributed by atoms with Crippen molar-refractivity contribution in [1.29, 1.82) is 0 Å². The number of sulfone groups is 1. The average molecular weight is 533 g/mol. The van der Waals surface area contributed by atoms with Gasteiger partial charge < -0.3 is 25.6 Å². The van der Waals surface area contributed by atoms with Crippen molar-refractivity contribution in [3.63, 3.8) is 0 Å². The topological polar surface area (TPSA) is 126 Å². The van der Waals surface area contributed by atoms with Gasteiger partial charge in [-0.15, -0.1) is 0 Å². The molecule has 3 rings (SSSR count). The molecular weight excluding hydrogens is 504 g/mol. The van der Waals surface area contributed by atoms with Crippen molar-refractivity contribution >= 4 is 56.2 Å². The quantitative estimate of drug-likeness (QED) is 0.350. The molecule has 1 heterocycles. The zero-order valence-corrected chi connectivity index (χ0v) is 22.2. The average Bonchev–Trinajstić information content (AvgIpc) is 2.81. The highest BCUT2D eigenvalue weighted by Crippen LogP contribution is 2.33. The number of anilines is 5. The standard InChI is InChI=1S/C24H29ClN6O4S/c1-15(2)36(33,34)21-9-7-6-8-19(21)28-23-17(25)13-26-24(30-23)29-18-11-10-16(12-20(18)35-5)27-22(32)14-31(3)4/h6-13,15H,14H2,1-5H3,(H,27,32)(H2,26,28,29,30). The number of para-hydroxylation sites is 1. The van der Waals surface area contributed by atoms with Crippen LogP contribution in [-0.4, -0.2) is 62.2 Å². The summed E-state index contributed by atoms with van der Waals surface area (Å²) in [4.78, 5) is 22.6. The summed E-state index contributed by atoms with van der Waals surface area (Å²) in [5, 5.41) is 8.51. The van der Waals surface area contributed by atoms with E-state index in [0.29, 0.717) is 22.8 Å². The first kappa shape index (κ1) is 27.2. The number of carbonyl (C=O) groups excluding carboxylic acids is 1. The van der Waals surface area contributed by atoms with Crippen LogP contribution in [0.4, 0.5) is 28.8 Å². The molecule has 0 saturated carbocycles. The summed E-state index contributed by atoms with van der Waals surface area (Å²) >= 11 is 6.31. The number of rotatable bonds is 10. The molecule has 0 aliphatic rings. The Morgan fingerprint density at radius 2 is 1.83 bits per heavy atom. The molecule has 192 valence electrons. The lowest BCUT2D eigenvalue weighted by atomic mass is 10.2. The molecule has 12 heteroatoms. The molecule has 3 aromatic rings. The second-order valence-electron chi connectivity index (χ2n) is 8.43. The second kappa shape index (κ2) is 11.5. The zero-order valence-electron chi connectivity index (χ0n) is 20.7.